The Morgan fingerprint density at radius 1 is 0.875 bits per heavy atom. The third kappa shape index (κ3) is 9.67. The van der Waals surface area contributed by atoms with E-state index in [0.717, 1.165) is 62.5 Å². The molecule has 72 heavy (non-hydrogen) atoms. The summed E-state index contributed by atoms with van der Waals surface area (Å²) >= 11 is 0. The number of carbonyl (C=O) groups excluding carboxylic acids is 2. The number of ether oxygens (including phenoxy) is 4. The van der Waals surface area contributed by atoms with Gasteiger partial charge < -0.3 is 38.7 Å². The van der Waals surface area contributed by atoms with Crippen LogP contribution in [0.2, 0.25) is 0 Å². The minimum Gasteiger partial charge on any atom is -0.481 e. The number of aliphatic hydroxyl groups is 3. The first kappa shape index (κ1) is 49.5. The number of methoxy groups -OCH3 is 1. The Bertz CT molecular complexity index is 2970. The number of aliphatic hydroxyl groups excluding tert-OH is 3. The molecule has 2 fully saturated rings. The molecule has 3 N–H and O–H groups in total. The molecule has 0 amide bonds. The molecule has 5 bridgehead atoms. The fourth-order valence-electron chi connectivity index (χ4n) is 13.0. The van der Waals surface area contributed by atoms with Crippen LogP contribution in [-0.2, 0) is 49.7 Å². The average molecular weight is 975 g/mol. The number of hydrogen-bond donors (Lipinski definition) is 3. The minimum atomic E-state index is -1.34. The molecule has 11 nitrogen and oxygen atoms in total. The quantitative estimate of drug-likeness (QED) is 0.0500. The first-order valence-electron chi connectivity index (χ1n) is 26.0. The van der Waals surface area contributed by atoms with Crippen LogP contribution in [0.3, 0.4) is 0 Å². The molecule has 2 saturated carbocycles. The van der Waals surface area contributed by atoms with Crippen LogP contribution < -0.4 is 10.4 Å². The lowest BCUT2D eigenvalue weighted by molar-refractivity contribution is -0.201. The van der Waals surface area contributed by atoms with Gasteiger partial charge in [-0.2, -0.15) is 0 Å². The van der Waals surface area contributed by atoms with Crippen molar-refractivity contribution in [1.82, 2.24) is 0 Å². The van der Waals surface area contributed by atoms with E-state index in [1.165, 1.54) is 29.4 Å². The molecule has 376 valence electrons. The normalized spacial score (nSPS) is 25.4. The van der Waals surface area contributed by atoms with Gasteiger partial charge in [-0.15, -0.1) is 0 Å². The molecule has 10 rings (SSSR count). The van der Waals surface area contributed by atoms with Crippen molar-refractivity contribution in [3.8, 4) is 17.6 Å². The lowest BCUT2D eigenvalue weighted by Gasteiger charge is -2.49. The molecule has 5 aromatic rings. The number of hydrogen-bond acceptors (Lipinski definition) is 11. The van der Waals surface area contributed by atoms with Crippen LogP contribution >= 0.6 is 0 Å². The summed E-state index contributed by atoms with van der Waals surface area (Å²) in [4.78, 5) is 44.9. The van der Waals surface area contributed by atoms with Crippen molar-refractivity contribution < 1.29 is 48.3 Å². The van der Waals surface area contributed by atoms with Crippen molar-refractivity contribution >= 4 is 22.9 Å². The maximum atomic E-state index is 15.4. The molecule has 0 saturated heterocycles. The fourth-order valence-corrected chi connectivity index (χ4v) is 13.0. The highest BCUT2D eigenvalue weighted by Gasteiger charge is 2.59. The summed E-state index contributed by atoms with van der Waals surface area (Å²) < 4.78 is 33.0. The number of fused-ring (bicyclic) bond motifs is 9. The molecular weight excluding hydrogens is 909 g/mol. The van der Waals surface area contributed by atoms with Gasteiger partial charge in [0.25, 0.3) is 0 Å². The number of aryl methyl sites for hydroxylation is 1. The van der Waals surface area contributed by atoms with E-state index in [0.29, 0.717) is 40.7 Å². The van der Waals surface area contributed by atoms with Crippen LogP contribution in [0.5, 0.6) is 5.75 Å². The first-order valence-corrected chi connectivity index (χ1v) is 26.0. The number of esters is 2. The summed E-state index contributed by atoms with van der Waals surface area (Å²) in [6.07, 6.45) is 5.74. The third-order valence-electron chi connectivity index (χ3n) is 16.6. The molecular formula is C61H66O11. The molecule has 11 heteroatoms. The molecule has 1 aromatic heterocycles. The van der Waals surface area contributed by atoms with E-state index in [9.17, 15) is 20.1 Å². The van der Waals surface area contributed by atoms with Crippen molar-refractivity contribution in [3.05, 3.63) is 157 Å². The lowest BCUT2D eigenvalue weighted by atomic mass is 9.67. The van der Waals surface area contributed by atoms with Crippen LogP contribution in [0.15, 0.2) is 105 Å². The Hall–Kier alpha value is -6.03. The predicted octanol–water partition coefficient (Wildman–Crippen LogP) is 9.77. The molecule has 2 aliphatic carbocycles. The summed E-state index contributed by atoms with van der Waals surface area (Å²) in [5.74, 6) is 5.57. The molecule has 4 heterocycles. The van der Waals surface area contributed by atoms with E-state index in [-0.39, 0.29) is 85.9 Å². The van der Waals surface area contributed by atoms with Gasteiger partial charge in [0.15, 0.2) is 17.8 Å². The summed E-state index contributed by atoms with van der Waals surface area (Å²) in [5.41, 5.74) is 6.55. The summed E-state index contributed by atoms with van der Waals surface area (Å²) in [6, 6.07) is 29.4. The zero-order chi connectivity index (χ0) is 49.9. The van der Waals surface area contributed by atoms with Gasteiger partial charge in [-0.1, -0.05) is 97.5 Å². The minimum absolute atomic E-state index is 0.0200. The molecule has 0 radical (unpaired) electrons. The third-order valence-corrected chi connectivity index (χ3v) is 16.6. The number of benzene rings is 4. The first-order chi connectivity index (χ1) is 35.1. The van der Waals surface area contributed by atoms with Gasteiger partial charge in [0.1, 0.15) is 11.3 Å². The van der Waals surface area contributed by atoms with Crippen molar-refractivity contribution in [3.63, 3.8) is 0 Å². The second kappa shape index (κ2) is 21.6. The average Bonchev–Trinajstić information content (AvgIpc) is 3.94. The summed E-state index contributed by atoms with van der Waals surface area (Å²) in [5, 5.41) is 32.1. The van der Waals surface area contributed by atoms with Crippen molar-refractivity contribution in [2.24, 2.45) is 11.8 Å². The van der Waals surface area contributed by atoms with Gasteiger partial charge >= 0.3 is 17.6 Å². The Morgan fingerprint density at radius 3 is 2.47 bits per heavy atom. The maximum Gasteiger partial charge on any atom is 0.340 e. The molecule has 7 atom stereocenters. The molecule has 4 aromatic carbocycles. The van der Waals surface area contributed by atoms with E-state index in [4.69, 9.17) is 23.4 Å². The maximum absolute atomic E-state index is 15.4. The standard InChI is InChI=1S/C61H66O11/c1-37(34-63)47-21-18-39-19-22-48-43(30-39)14-8-9-27-61(46-16-6-7-17-46)58(71-59(47)66)57(55-52(72-61)25-24-50-51(35-64)54(60(67)70-56(50)55)44(26-28-62)36-68-2)69-53(65)33-45-32-42(20-23-49(45)48)41-15-10-13-40(31-41)29-38-11-4-3-5-12-38/h3-5,10-13,15,19,22,24-25,30-31,42,44-46,49,57-58,62-64H,6-7,14,16-18,20-21,23,26-29,32-36H2,1-2H3/b47-37-/t42-,44-,45-,49+,57-,58+,61+/m1/s1. The summed E-state index contributed by atoms with van der Waals surface area (Å²) in [7, 11) is 1.51. The Balaban J connectivity index is 1.16. The fraction of sp³-hybridized carbons (Fsp3) is 0.459. The van der Waals surface area contributed by atoms with Crippen LogP contribution in [-0.4, -0.2) is 65.9 Å². The van der Waals surface area contributed by atoms with E-state index in [1.807, 2.05) is 6.07 Å². The zero-order valence-corrected chi connectivity index (χ0v) is 41.5. The van der Waals surface area contributed by atoms with E-state index in [1.54, 1.807) is 19.1 Å². The van der Waals surface area contributed by atoms with Crippen LogP contribution in [0.1, 0.15) is 151 Å². The van der Waals surface area contributed by atoms with Crippen LogP contribution in [0, 0.1) is 23.7 Å². The molecule has 5 aliphatic rings. The lowest BCUT2D eigenvalue weighted by Crippen LogP contribution is -2.60. The number of rotatable bonds is 11. The van der Waals surface area contributed by atoms with E-state index < -0.39 is 47.9 Å². The Labute approximate surface area is 421 Å². The largest absolute Gasteiger partial charge is 0.481 e. The smallest absolute Gasteiger partial charge is 0.340 e. The number of carbonyl (C=O) groups is 2. The van der Waals surface area contributed by atoms with Gasteiger partial charge in [-0.3, -0.25) is 4.79 Å². The second-order valence-electron chi connectivity index (χ2n) is 20.9. The SMILES string of the molecule is COC[C@@H](CCO)c1c(CO)c2ccc3c(c2oc1=O)[C@H]1OC(=O)C[C@H]2C[C@H](c4cccc(Cc5ccccc5)c4)CC[C@@H]2c2ccc4cc2CC#CC[C@@](C2CCCC2)(O3)[C@H]1OC(=O)/C(=C(/C)CO)CC4. The van der Waals surface area contributed by atoms with Crippen LogP contribution in [0.25, 0.3) is 11.0 Å². The molecule has 0 spiro atoms. The van der Waals surface area contributed by atoms with E-state index in [2.05, 4.69) is 78.6 Å². The highest BCUT2D eigenvalue weighted by atomic mass is 16.6. The molecule has 0 unspecified atom stereocenters. The van der Waals surface area contributed by atoms with Gasteiger partial charge in [0.05, 0.1) is 31.8 Å². The van der Waals surface area contributed by atoms with Crippen LogP contribution in [0.4, 0.5) is 0 Å². The molecule has 3 aliphatic heterocycles. The Morgan fingerprint density at radius 2 is 1.69 bits per heavy atom. The predicted molar refractivity (Wildman–Crippen MR) is 273 cm³/mol. The second-order valence-corrected chi connectivity index (χ2v) is 20.9. The van der Waals surface area contributed by atoms with Crippen molar-refractivity contribution in [1.29, 1.82) is 0 Å². The monoisotopic (exact) mass is 974 g/mol. The van der Waals surface area contributed by atoms with Crippen molar-refractivity contribution in [2.45, 2.75) is 139 Å². The summed E-state index contributed by atoms with van der Waals surface area (Å²) in [6.45, 7) is 0.696. The van der Waals surface area contributed by atoms with Gasteiger partial charge in [0.2, 0.25) is 0 Å². The van der Waals surface area contributed by atoms with Crippen molar-refractivity contribution in [2.75, 3.05) is 26.9 Å². The van der Waals surface area contributed by atoms with Gasteiger partial charge in [-0.25, -0.2) is 9.59 Å². The zero-order valence-electron chi connectivity index (χ0n) is 41.5. The van der Waals surface area contributed by atoms with E-state index >= 15 is 9.59 Å². The highest BCUT2D eigenvalue weighted by molar-refractivity contribution is 5.90. The Kier molecular flexibility index (Phi) is 14.9. The van der Waals surface area contributed by atoms with Gasteiger partial charge in [-0.05, 0) is 139 Å². The highest BCUT2D eigenvalue weighted by Crippen LogP contribution is 2.55. The van der Waals surface area contributed by atoms with Gasteiger partial charge in [0, 0.05) is 54.9 Å². The topological polar surface area (TPSA) is 162 Å².